The first-order valence-corrected chi connectivity index (χ1v) is 11.4. The minimum Gasteiger partial charge on any atom is -0.477 e. The highest BCUT2D eigenvalue weighted by molar-refractivity contribution is 5.91. The molecule has 4 aromatic heterocycles. The molecule has 4 aromatic rings. The zero-order chi connectivity index (χ0) is 23.5. The van der Waals surface area contributed by atoms with Gasteiger partial charge in [0.25, 0.3) is 5.91 Å². The highest BCUT2D eigenvalue weighted by atomic mass is 16.5. The molecule has 0 bridgehead atoms. The van der Waals surface area contributed by atoms with E-state index in [4.69, 9.17) is 13.6 Å². The van der Waals surface area contributed by atoms with Crippen LogP contribution < -0.4 is 4.74 Å². The van der Waals surface area contributed by atoms with Gasteiger partial charge in [-0.15, -0.1) is 5.10 Å². The fraction of sp³-hybridized carbons (Fsp3) is 0.269. The number of carbonyl (C=O) groups excluding carboxylic acids is 1. The number of aromatic nitrogens is 3. The second kappa shape index (κ2) is 9.43. The molecule has 1 aliphatic heterocycles. The summed E-state index contributed by atoms with van der Waals surface area (Å²) in [5, 5.41) is 4.61. The lowest BCUT2D eigenvalue weighted by Crippen LogP contribution is -2.36. The third-order valence-electron chi connectivity index (χ3n) is 5.99. The zero-order valence-electron chi connectivity index (χ0n) is 19.0. The van der Waals surface area contributed by atoms with E-state index in [1.165, 1.54) is 6.26 Å². The highest BCUT2D eigenvalue weighted by Crippen LogP contribution is 2.28. The average molecular weight is 459 g/mol. The van der Waals surface area contributed by atoms with Crippen molar-refractivity contribution in [2.45, 2.75) is 32.2 Å². The first-order chi connectivity index (χ1) is 16.7. The Bertz CT molecular complexity index is 1330. The topological polar surface area (TPSA) is 86.0 Å². The van der Waals surface area contributed by atoms with Crippen molar-refractivity contribution in [3.05, 3.63) is 72.5 Å². The molecular formula is C26H26N4O4. The molecule has 0 unspecified atom stereocenters. The minimum absolute atomic E-state index is 0.0651. The van der Waals surface area contributed by atoms with Crippen molar-refractivity contribution in [1.29, 1.82) is 0 Å². The van der Waals surface area contributed by atoms with Crippen LogP contribution in [0.1, 0.15) is 48.1 Å². The van der Waals surface area contributed by atoms with E-state index in [9.17, 15) is 4.79 Å². The van der Waals surface area contributed by atoms with Gasteiger partial charge in [0.15, 0.2) is 17.2 Å². The number of amides is 1. The van der Waals surface area contributed by atoms with Crippen molar-refractivity contribution in [2.24, 2.45) is 0 Å². The summed E-state index contributed by atoms with van der Waals surface area (Å²) in [4.78, 5) is 19.0. The quantitative estimate of drug-likeness (QED) is 0.355. The lowest BCUT2D eigenvalue weighted by molar-refractivity contribution is 0.0686. The van der Waals surface area contributed by atoms with Crippen LogP contribution >= 0.6 is 0 Å². The van der Waals surface area contributed by atoms with Gasteiger partial charge in [-0.1, -0.05) is 18.7 Å². The lowest BCUT2D eigenvalue weighted by atomic mass is 10.1. The van der Waals surface area contributed by atoms with Gasteiger partial charge in [0.05, 0.1) is 19.1 Å². The van der Waals surface area contributed by atoms with Gasteiger partial charge in [0, 0.05) is 30.6 Å². The average Bonchev–Trinajstić information content (AvgIpc) is 3.65. The second-order valence-corrected chi connectivity index (χ2v) is 8.13. The number of imidazole rings is 1. The van der Waals surface area contributed by atoms with Crippen molar-refractivity contribution in [3.8, 4) is 17.3 Å². The summed E-state index contributed by atoms with van der Waals surface area (Å²) in [6.45, 7) is 6.98. The molecule has 0 aromatic carbocycles. The maximum atomic E-state index is 12.7. The maximum absolute atomic E-state index is 12.7. The largest absolute Gasteiger partial charge is 0.477 e. The van der Waals surface area contributed by atoms with Gasteiger partial charge < -0.3 is 18.5 Å². The molecule has 0 N–H and O–H groups in total. The SMILES string of the molecule is C=Cc1cc(-c2cnc3ccc(OCC[C@@H]4CCCN4C(=O)c4ccco4)nn23)oc1/C=C\C. The molecule has 1 saturated heterocycles. The predicted octanol–water partition coefficient (Wildman–Crippen LogP) is 5.33. The Balaban J connectivity index is 1.29. The molecule has 0 aliphatic carbocycles. The van der Waals surface area contributed by atoms with Crippen LogP contribution in [0.2, 0.25) is 0 Å². The number of carbonyl (C=O) groups is 1. The number of ether oxygens (including phenoxy) is 1. The summed E-state index contributed by atoms with van der Waals surface area (Å²) < 4.78 is 19.0. The molecule has 1 amide bonds. The van der Waals surface area contributed by atoms with E-state index in [-0.39, 0.29) is 11.9 Å². The Labute approximate surface area is 197 Å². The van der Waals surface area contributed by atoms with Crippen LogP contribution in [-0.4, -0.2) is 44.6 Å². The van der Waals surface area contributed by atoms with Gasteiger partial charge in [-0.3, -0.25) is 4.79 Å². The highest BCUT2D eigenvalue weighted by Gasteiger charge is 2.30. The standard InChI is InChI=1S/C26H26N4O4/c1-3-7-21-18(4-2)16-23(34-21)20-17-27-24-10-11-25(28-30(20)24)33-15-12-19-8-5-13-29(19)26(31)22-9-6-14-32-22/h3-4,6-7,9-11,14,16-17,19H,2,5,8,12-13,15H2,1H3/b7-3-/t19-/m0/s1. The number of hydrogen-bond donors (Lipinski definition) is 0. The number of fused-ring (bicyclic) bond motifs is 1. The molecule has 8 nitrogen and oxygen atoms in total. The monoisotopic (exact) mass is 458 g/mol. The number of likely N-dealkylation sites (tertiary alicyclic amines) is 1. The van der Waals surface area contributed by atoms with Crippen LogP contribution in [0.5, 0.6) is 5.88 Å². The van der Waals surface area contributed by atoms with E-state index in [2.05, 4.69) is 16.7 Å². The normalized spacial score (nSPS) is 16.0. The molecule has 1 atom stereocenters. The number of hydrogen-bond acceptors (Lipinski definition) is 6. The van der Waals surface area contributed by atoms with Crippen molar-refractivity contribution < 1.29 is 18.4 Å². The lowest BCUT2D eigenvalue weighted by Gasteiger charge is -2.23. The Morgan fingerprint density at radius 2 is 2.26 bits per heavy atom. The Morgan fingerprint density at radius 3 is 3.06 bits per heavy atom. The number of allylic oxidation sites excluding steroid dienone is 1. The van der Waals surface area contributed by atoms with E-state index in [1.54, 1.807) is 35.0 Å². The molecule has 5 rings (SSSR count). The maximum Gasteiger partial charge on any atom is 0.289 e. The van der Waals surface area contributed by atoms with Crippen LogP contribution in [-0.2, 0) is 0 Å². The second-order valence-electron chi connectivity index (χ2n) is 8.13. The van der Waals surface area contributed by atoms with E-state index in [0.717, 1.165) is 42.8 Å². The Morgan fingerprint density at radius 1 is 1.35 bits per heavy atom. The molecule has 0 spiro atoms. The molecule has 5 heterocycles. The number of nitrogens with zero attached hydrogens (tertiary/aromatic N) is 4. The van der Waals surface area contributed by atoms with Gasteiger partial charge in [-0.25, -0.2) is 9.50 Å². The fourth-order valence-electron chi connectivity index (χ4n) is 4.33. The molecule has 0 saturated carbocycles. The van der Waals surface area contributed by atoms with Gasteiger partial charge in [-0.2, -0.15) is 0 Å². The molecule has 34 heavy (non-hydrogen) atoms. The smallest absolute Gasteiger partial charge is 0.289 e. The van der Waals surface area contributed by atoms with Gasteiger partial charge >= 0.3 is 0 Å². The van der Waals surface area contributed by atoms with E-state index < -0.39 is 0 Å². The molecule has 8 heteroatoms. The van der Waals surface area contributed by atoms with Gasteiger partial charge in [0.1, 0.15) is 11.5 Å². The molecular weight excluding hydrogens is 432 g/mol. The summed E-state index contributed by atoms with van der Waals surface area (Å²) in [7, 11) is 0. The minimum atomic E-state index is -0.0651. The van der Waals surface area contributed by atoms with Crippen molar-refractivity contribution >= 4 is 23.7 Å². The van der Waals surface area contributed by atoms with Gasteiger partial charge in [-0.05, 0) is 50.1 Å². The third kappa shape index (κ3) is 4.14. The summed E-state index contributed by atoms with van der Waals surface area (Å²) in [5.41, 5.74) is 2.32. The van der Waals surface area contributed by atoms with Crippen LogP contribution in [0.15, 0.2) is 64.3 Å². The van der Waals surface area contributed by atoms with E-state index >= 15 is 0 Å². The summed E-state index contributed by atoms with van der Waals surface area (Å²) in [6, 6.07) is 9.14. The van der Waals surface area contributed by atoms with E-state index in [0.29, 0.717) is 29.7 Å². The van der Waals surface area contributed by atoms with E-state index in [1.807, 2.05) is 36.1 Å². The molecule has 174 valence electrons. The summed E-state index contributed by atoms with van der Waals surface area (Å²) >= 11 is 0. The molecule has 1 aliphatic rings. The zero-order valence-corrected chi connectivity index (χ0v) is 19.0. The van der Waals surface area contributed by atoms with Crippen molar-refractivity contribution in [1.82, 2.24) is 19.5 Å². The third-order valence-corrected chi connectivity index (χ3v) is 5.99. The Kier molecular flexibility index (Phi) is 6.03. The first kappa shape index (κ1) is 21.8. The number of furan rings is 2. The van der Waals surface area contributed by atoms with Gasteiger partial charge in [0.2, 0.25) is 5.88 Å². The van der Waals surface area contributed by atoms with Crippen LogP contribution in [0.25, 0.3) is 29.3 Å². The van der Waals surface area contributed by atoms with Crippen LogP contribution in [0.4, 0.5) is 0 Å². The molecule has 0 radical (unpaired) electrons. The first-order valence-electron chi connectivity index (χ1n) is 11.4. The number of rotatable bonds is 8. The van der Waals surface area contributed by atoms with Crippen molar-refractivity contribution in [3.63, 3.8) is 0 Å². The predicted molar refractivity (Wildman–Crippen MR) is 128 cm³/mol. The van der Waals surface area contributed by atoms with Crippen molar-refractivity contribution in [2.75, 3.05) is 13.2 Å². The summed E-state index contributed by atoms with van der Waals surface area (Å²) in [6.07, 6.45) is 11.5. The van der Waals surface area contributed by atoms with Crippen LogP contribution in [0, 0.1) is 0 Å². The summed E-state index contributed by atoms with van der Waals surface area (Å²) in [5.74, 6) is 2.18. The Hall–Kier alpha value is -4.07. The molecule has 1 fully saturated rings. The fourth-order valence-corrected chi connectivity index (χ4v) is 4.33. The van der Waals surface area contributed by atoms with Crippen LogP contribution in [0.3, 0.4) is 0 Å².